The van der Waals surface area contributed by atoms with E-state index in [2.05, 4.69) is 25.2 Å². The molecule has 1 unspecified atom stereocenters. The van der Waals surface area contributed by atoms with Crippen LogP contribution in [0.2, 0.25) is 0 Å². The van der Waals surface area contributed by atoms with Crippen LogP contribution in [-0.2, 0) is 0 Å². The van der Waals surface area contributed by atoms with Crippen molar-refractivity contribution < 1.29 is 22.7 Å². The third kappa shape index (κ3) is 5.14. The van der Waals surface area contributed by atoms with E-state index < -0.39 is 12.8 Å². The summed E-state index contributed by atoms with van der Waals surface area (Å²) in [7, 11) is 0. The van der Waals surface area contributed by atoms with Crippen molar-refractivity contribution in [3.05, 3.63) is 60.4 Å². The molecule has 0 aliphatic carbocycles. The van der Waals surface area contributed by atoms with E-state index in [1.54, 1.807) is 4.90 Å². The Bertz CT molecular complexity index is 1020. The fourth-order valence-corrected chi connectivity index (χ4v) is 3.43. The highest BCUT2D eigenvalue weighted by Gasteiger charge is 2.32. The number of aromatic nitrogens is 3. The average molecular weight is 431 g/mol. The number of H-pyrrole nitrogens is 1. The molecule has 4 rings (SSSR count). The lowest BCUT2D eigenvalue weighted by molar-refractivity contribution is -0.153. The summed E-state index contributed by atoms with van der Waals surface area (Å²) in [5, 5.41) is 9.97. The molecule has 31 heavy (non-hydrogen) atoms. The molecule has 162 valence electrons. The zero-order chi connectivity index (χ0) is 21.8. The lowest BCUT2D eigenvalue weighted by atomic mass is 10.2. The van der Waals surface area contributed by atoms with Crippen molar-refractivity contribution in [1.29, 1.82) is 0 Å². The number of hydrogen-bond acceptors (Lipinski definition) is 4. The minimum Gasteiger partial charge on any atom is -0.484 e. The maximum absolute atomic E-state index is 12.8. The number of halogens is 3. The molecule has 2 N–H and O–H groups in total. The number of benzene rings is 2. The minimum absolute atomic E-state index is 0.0736. The molecule has 2 aromatic carbocycles. The molecule has 2 amide bonds. The van der Waals surface area contributed by atoms with Gasteiger partial charge in [0.15, 0.2) is 12.4 Å². The number of likely N-dealkylation sites (tertiary alicyclic amines) is 1. The summed E-state index contributed by atoms with van der Waals surface area (Å²) in [6.45, 7) is -0.805. The van der Waals surface area contributed by atoms with E-state index in [9.17, 15) is 18.0 Å². The number of nitrogens with zero attached hydrogens (tertiary/aromatic N) is 3. The van der Waals surface area contributed by atoms with Gasteiger partial charge >= 0.3 is 12.2 Å². The Morgan fingerprint density at radius 2 is 1.90 bits per heavy atom. The Kier molecular flexibility index (Phi) is 5.79. The van der Waals surface area contributed by atoms with Gasteiger partial charge in [-0.15, -0.1) is 0 Å². The molecule has 7 nitrogen and oxygen atoms in total. The van der Waals surface area contributed by atoms with Gasteiger partial charge in [0.25, 0.3) is 0 Å². The number of carbonyl (C=O) groups excluding carboxylic acids is 1. The third-order valence-corrected chi connectivity index (χ3v) is 4.87. The number of nitrogens with one attached hydrogen (secondary N) is 2. The number of ether oxygens (including phenoxy) is 1. The Morgan fingerprint density at radius 3 is 2.61 bits per heavy atom. The van der Waals surface area contributed by atoms with Crippen LogP contribution in [0.3, 0.4) is 0 Å². The quantitative estimate of drug-likeness (QED) is 0.609. The molecule has 1 aliphatic rings. The Balaban J connectivity index is 1.40. The summed E-state index contributed by atoms with van der Waals surface area (Å²) < 4.78 is 41.4. The van der Waals surface area contributed by atoms with Crippen LogP contribution >= 0.6 is 0 Å². The first kappa shape index (κ1) is 20.7. The van der Waals surface area contributed by atoms with E-state index in [1.807, 2.05) is 30.3 Å². The highest BCUT2D eigenvalue weighted by molar-refractivity contribution is 5.89. The Morgan fingerprint density at radius 1 is 1.16 bits per heavy atom. The number of rotatable bonds is 5. The van der Waals surface area contributed by atoms with E-state index in [4.69, 9.17) is 0 Å². The highest BCUT2D eigenvalue weighted by atomic mass is 19.4. The SMILES string of the molecule is O=C(Nc1ccc(OCC(F)(F)F)cc1)N1CCCC1c1nc(-c2ccccc2)n[nH]1. The molecule has 0 saturated carbocycles. The molecule has 0 bridgehead atoms. The molecular formula is C21H20F3N5O2. The highest BCUT2D eigenvalue weighted by Crippen LogP contribution is 2.31. The van der Waals surface area contributed by atoms with Crippen molar-refractivity contribution in [3.63, 3.8) is 0 Å². The fourth-order valence-electron chi connectivity index (χ4n) is 3.43. The van der Waals surface area contributed by atoms with Crippen LogP contribution in [0.25, 0.3) is 11.4 Å². The predicted molar refractivity (Wildman–Crippen MR) is 108 cm³/mol. The minimum atomic E-state index is -4.40. The second kappa shape index (κ2) is 8.66. The number of hydrogen-bond donors (Lipinski definition) is 2. The molecule has 1 atom stereocenters. The van der Waals surface area contributed by atoms with Gasteiger partial charge in [-0.1, -0.05) is 30.3 Å². The van der Waals surface area contributed by atoms with Crippen molar-refractivity contribution in [2.45, 2.75) is 25.1 Å². The van der Waals surface area contributed by atoms with E-state index in [1.165, 1.54) is 24.3 Å². The van der Waals surface area contributed by atoms with Gasteiger partial charge in [0, 0.05) is 17.8 Å². The van der Waals surface area contributed by atoms with E-state index in [-0.39, 0.29) is 17.8 Å². The Labute approximate surface area is 176 Å². The molecule has 0 spiro atoms. The third-order valence-electron chi connectivity index (χ3n) is 4.87. The maximum Gasteiger partial charge on any atom is 0.422 e. The number of alkyl halides is 3. The zero-order valence-corrected chi connectivity index (χ0v) is 16.4. The second-order valence-corrected chi connectivity index (χ2v) is 7.12. The van der Waals surface area contributed by atoms with Gasteiger partial charge < -0.3 is 15.0 Å². The van der Waals surface area contributed by atoms with E-state index >= 15 is 0 Å². The van der Waals surface area contributed by atoms with E-state index in [0.29, 0.717) is 23.9 Å². The molecule has 3 aromatic rings. The largest absolute Gasteiger partial charge is 0.484 e. The number of anilines is 1. The molecular weight excluding hydrogens is 411 g/mol. The molecule has 1 aromatic heterocycles. The summed E-state index contributed by atoms with van der Waals surface area (Å²) >= 11 is 0. The summed E-state index contributed by atoms with van der Waals surface area (Å²) in [5.41, 5.74) is 1.34. The monoisotopic (exact) mass is 431 g/mol. The van der Waals surface area contributed by atoms with Crippen molar-refractivity contribution in [3.8, 4) is 17.1 Å². The molecule has 0 radical (unpaired) electrons. The number of carbonyl (C=O) groups is 1. The Hall–Kier alpha value is -3.56. The van der Waals surface area contributed by atoms with Crippen LogP contribution in [0.15, 0.2) is 54.6 Å². The average Bonchev–Trinajstić information content (AvgIpc) is 3.43. The van der Waals surface area contributed by atoms with E-state index in [0.717, 1.165) is 18.4 Å². The summed E-state index contributed by atoms with van der Waals surface area (Å²) in [5.74, 6) is 1.25. The number of urea groups is 1. The maximum atomic E-state index is 12.8. The van der Waals surface area contributed by atoms with Gasteiger partial charge in [-0.3, -0.25) is 5.10 Å². The van der Waals surface area contributed by atoms with Gasteiger partial charge in [0.2, 0.25) is 0 Å². The van der Waals surface area contributed by atoms with Crippen molar-refractivity contribution >= 4 is 11.7 Å². The normalized spacial score (nSPS) is 16.4. The molecule has 1 aliphatic heterocycles. The zero-order valence-electron chi connectivity index (χ0n) is 16.4. The van der Waals surface area contributed by atoms with Crippen LogP contribution in [-0.4, -0.2) is 45.4 Å². The smallest absolute Gasteiger partial charge is 0.422 e. The standard InChI is InChI=1S/C21H20F3N5O2/c22-21(23,24)13-31-16-10-8-15(9-11-16)25-20(30)29-12-4-7-17(29)19-26-18(27-28-19)14-5-2-1-3-6-14/h1-3,5-6,8-11,17H,4,7,12-13H2,(H,25,30)(H,26,27,28). The van der Waals surface area contributed by atoms with Gasteiger partial charge in [0.05, 0.1) is 6.04 Å². The van der Waals surface area contributed by atoms with Gasteiger partial charge in [-0.2, -0.15) is 18.3 Å². The fraction of sp³-hybridized carbons (Fsp3) is 0.286. The topological polar surface area (TPSA) is 83.1 Å². The number of amides is 2. The first-order chi connectivity index (χ1) is 14.9. The molecule has 10 heteroatoms. The van der Waals surface area contributed by atoms with Gasteiger partial charge in [-0.05, 0) is 37.1 Å². The molecule has 1 fully saturated rings. The van der Waals surface area contributed by atoms with Crippen LogP contribution in [0.5, 0.6) is 5.75 Å². The first-order valence-corrected chi connectivity index (χ1v) is 9.74. The van der Waals surface area contributed by atoms with Crippen molar-refractivity contribution in [1.82, 2.24) is 20.1 Å². The second-order valence-electron chi connectivity index (χ2n) is 7.12. The van der Waals surface area contributed by atoms with Crippen LogP contribution < -0.4 is 10.1 Å². The van der Waals surface area contributed by atoms with Crippen LogP contribution in [0.1, 0.15) is 24.7 Å². The summed E-state index contributed by atoms with van der Waals surface area (Å²) in [6, 6.07) is 14.7. The predicted octanol–water partition coefficient (Wildman–Crippen LogP) is 4.78. The van der Waals surface area contributed by atoms with Gasteiger partial charge in [-0.25, -0.2) is 9.78 Å². The molecule has 2 heterocycles. The first-order valence-electron chi connectivity index (χ1n) is 9.74. The lowest BCUT2D eigenvalue weighted by Crippen LogP contribution is -2.34. The number of aromatic amines is 1. The summed E-state index contributed by atoms with van der Waals surface area (Å²) in [6.07, 6.45) is -2.83. The lowest BCUT2D eigenvalue weighted by Gasteiger charge is -2.23. The van der Waals surface area contributed by atoms with Crippen LogP contribution in [0, 0.1) is 0 Å². The molecule has 1 saturated heterocycles. The van der Waals surface area contributed by atoms with Crippen LogP contribution in [0.4, 0.5) is 23.7 Å². The van der Waals surface area contributed by atoms with Crippen molar-refractivity contribution in [2.24, 2.45) is 0 Å². The van der Waals surface area contributed by atoms with Gasteiger partial charge in [0.1, 0.15) is 11.6 Å². The van der Waals surface area contributed by atoms with Crippen molar-refractivity contribution in [2.75, 3.05) is 18.5 Å². The summed E-state index contributed by atoms with van der Waals surface area (Å²) in [4.78, 5) is 19.0.